The molecule has 1 atom stereocenters. The number of rotatable bonds is 6. The zero-order valence-electron chi connectivity index (χ0n) is 17.2. The minimum atomic E-state index is -0.143. The van der Waals surface area contributed by atoms with Gasteiger partial charge in [0.25, 0.3) is 0 Å². The van der Waals surface area contributed by atoms with Gasteiger partial charge in [-0.15, -0.1) is 0 Å². The lowest BCUT2D eigenvalue weighted by Crippen LogP contribution is -2.46. The first-order valence-corrected chi connectivity index (χ1v) is 10.3. The largest absolute Gasteiger partial charge is 0.379 e. The Hall–Kier alpha value is -2.33. The maximum Gasteiger partial charge on any atom is 0.318 e. The fraction of sp³-hybridized carbons (Fsp3) is 0.458. The van der Waals surface area contributed by atoms with Crippen molar-refractivity contribution in [2.75, 3.05) is 19.7 Å². The second-order valence-corrected chi connectivity index (χ2v) is 8.02. The van der Waals surface area contributed by atoms with Crippen LogP contribution in [0.1, 0.15) is 49.4 Å². The maximum atomic E-state index is 13.0. The highest BCUT2D eigenvalue weighted by molar-refractivity contribution is 5.75. The van der Waals surface area contributed by atoms with Crippen molar-refractivity contribution in [1.82, 2.24) is 10.2 Å². The average Bonchev–Trinajstić information content (AvgIpc) is 2.71. The molecule has 2 aromatic carbocycles. The third-order valence-corrected chi connectivity index (χ3v) is 5.34. The lowest BCUT2D eigenvalue weighted by atomic mass is 9.96. The molecule has 3 rings (SSSR count). The summed E-state index contributed by atoms with van der Waals surface area (Å²) in [6.45, 7) is 8.58. The van der Waals surface area contributed by atoms with E-state index in [1.807, 2.05) is 29.2 Å². The summed E-state index contributed by atoms with van der Waals surface area (Å²) in [5.41, 5.74) is 3.40. The molecular formula is C24H32N2O2. The van der Waals surface area contributed by atoms with Crippen LogP contribution in [0.3, 0.4) is 0 Å². The molecule has 2 amide bonds. The Labute approximate surface area is 168 Å². The van der Waals surface area contributed by atoms with Crippen molar-refractivity contribution in [3.05, 3.63) is 71.3 Å². The van der Waals surface area contributed by atoms with Gasteiger partial charge in [-0.2, -0.15) is 0 Å². The summed E-state index contributed by atoms with van der Waals surface area (Å²) >= 11 is 0. The predicted molar refractivity (Wildman–Crippen MR) is 113 cm³/mol. The van der Waals surface area contributed by atoms with Gasteiger partial charge in [0.15, 0.2) is 0 Å². The summed E-state index contributed by atoms with van der Waals surface area (Å²) < 4.78 is 5.75. The van der Waals surface area contributed by atoms with Crippen LogP contribution in [0.25, 0.3) is 0 Å². The topological polar surface area (TPSA) is 41.6 Å². The van der Waals surface area contributed by atoms with E-state index in [0.717, 1.165) is 43.7 Å². The van der Waals surface area contributed by atoms with Gasteiger partial charge in [-0.05, 0) is 50.7 Å². The number of benzene rings is 2. The molecule has 1 N–H and O–H groups in total. The molecule has 1 aliphatic heterocycles. The van der Waals surface area contributed by atoms with E-state index in [9.17, 15) is 4.79 Å². The van der Waals surface area contributed by atoms with Gasteiger partial charge in [0.1, 0.15) is 0 Å². The SMILES string of the molecule is Cc1cccc([C@H](NC(=O)N2CCC(COC(C)C)CC2)c2ccccc2)c1. The molecule has 4 heteroatoms. The summed E-state index contributed by atoms with van der Waals surface area (Å²) in [7, 11) is 0. The summed E-state index contributed by atoms with van der Waals surface area (Å²) in [6.07, 6.45) is 2.27. The summed E-state index contributed by atoms with van der Waals surface area (Å²) in [6, 6.07) is 18.4. The molecule has 150 valence electrons. The molecule has 0 radical (unpaired) electrons. The Morgan fingerprint density at radius 3 is 2.39 bits per heavy atom. The minimum absolute atomic E-state index is 0.0126. The minimum Gasteiger partial charge on any atom is -0.379 e. The molecule has 28 heavy (non-hydrogen) atoms. The number of piperidine rings is 1. The molecule has 1 saturated heterocycles. The van der Waals surface area contributed by atoms with Gasteiger partial charge in [-0.25, -0.2) is 4.79 Å². The molecule has 0 saturated carbocycles. The monoisotopic (exact) mass is 380 g/mol. The van der Waals surface area contributed by atoms with E-state index in [2.05, 4.69) is 56.4 Å². The zero-order valence-corrected chi connectivity index (χ0v) is 17.2. The normalized spacial score (nSPS) is 16.2. The third kappa shape index (κ3) is 5.59. The van der Waals surface area contributed by atoms with E-state index in [4.69, 9.17) is 4.74 Å². The number of urea groups is 1. The molecule has 2 aromatic rings. The Morgan fingerprint density at radius 2 is 1.75 bits per heavy atom. The van der Waals surface area contributed by atoms with Crippen LogP contribution < -0.4 is 5.32 Å². The zero-order chi connectivity index (χ0) is 19.9. The van der Waals surface area contributed by atoms with Crippen molar-refractivity contribution < 1.29 is 9.53 Å². The second kappa shape index (κ2) is 9.74. The number of hydrogen-bond acceptors (Lipinski definition) is 2. The highest BCUT2D eigenvalue weighted by Gasteiger charge is 2.25. The van der Waals surface area contributed by atoms with Gasteiger partial charge in [0, 0.05) is 19.7 Å². The van der Waals surface area contributed by atoms with Gasteiger partial charge >= 0.3 is 6.03 Å². The van der Waals surface area contributed by atoms with E-state index < -0.39 is 0 Å². The van der Waals surface area contributed by atoms with E-state index in [-0.39, 0.29) is 18.2 Å². The Balaban J connectivity index is 1.66. The predicted octanol–water partition coefficient (Wildman–Crippen LogP) is 4.93. The Morgan fingerprint density at radius 1 is 1.07 bits per heavy atom. The highest BCUT2D eigenvalue weighted by Crippen LogP contribution is 2.24. The molecular weight excluding hydrogens is 348 g/mol. The van der Waals surface area contributed by atoms with Crippen molar-refractivity contribution in [3.63, 3.8) is 0 Å². The van der Waals surface area contributed by atoms with Gasteiger partial charge in [-0.1, -0.05) is 60.2 Å². The second-order valence-electron chi connectivity index (χ2n) is 8.02. The van der Waals surface area contributed by atoms with Crippen molar-refractivity contribution in [1.29, 1.82) is 0 Å². The van der Waals surface area contributed by atoms with Crippen molar-refractivity contribution in [3.8, 4) is 0 Å². The van der Waals surface area contributed by atoms with Crippen LogP contribution in [0, 0.1) is 12.8 Å². The van der Waals surface area contributed by atoms with Gasteiger partial charge < -0.3 is 15.0 Å². The van der Waals surface area contributed by atoms with Crippen LogP contribution in [0.4, 0.5) is 4.79 Å². The molecule has 0 unspecified atom stereocenters. The first-order valence-electron chi connectivity index (χ1n) is 10.3. The van der Waals surface area contributed by atoms with Crippen LogP contribution in [0.5, 0.6) is 0 Å². The van der Waals surface area contributed by atoms with Crippen molar-refractivity contribution in [2.24, 2.45) is 5.92 Å². The molecule has 1 fully saturated rings. The molecule has 0 aliphatic carbocycles. The maximum absolute atomic E-state index is 13.0. The fourth-order valence-corrected chi connectivity index (χ4v) is 3.70. The number of nitrogens with one attached hydrogen (secondary N) is 1. The van der Waals surface area contributed by atoms with Gasteiger partial charge in [0.2, 0.25) is 0 Å². The summed E-state index contributed by atoms with van der Waals surface area (Å²) in [5, 5.41) is 3.27. The van der Waals surface area contributed by atoms with Gasteiger partial charge in [-0.3, -0.25) is 0 Å². The molecule has 1 aliphatic rings. The van der Waals surface area contributed by atoms with Crippen molar-refractivity contribution in [2.45, 2.75) is 45.8 Å². The first kappa shape index (κ1) is 20.4. The van der Waals surface area contributed by atoms with Crippen LogP contribution in [-0.4, -0.2) is 36.7 Å². The standard InChI is InChI=1S/C24H32N2O2/c1-18(2)28-17-20-12-14-26(15-13-20)24(27)25-23(21-9-5-4-6-10-21)22-11-7-8-19(3)16-22/h4-11,16,18,20,23H,12-15,17H2,1-3H3,(H,25,27)/t23-/m1/s1. The number of hydrogen-bond donors (Lipinski definition) is 1. The molecule has 1 heterocycles. The number of likely N-dealkylation sites (tertiary alicyclic amines) is 1. The lowest BCUT2D eigenvalue weighted by Gasteiger charge is -2.33. The molecule has 4 nitrogen and oxygen atoms in total. The smallest absolute Gasteiger partial charge is 0.318 e. The Kier molecular flexibility index (Phi) is 7.10. The quantitative estimate of drug-likeness (QED) is 0.772. The highest BCUT2D eigenvalue weighted by atomic mass is 16.5. The summed E-state index contributed by atoms with van der Waals surface area (Å²) in [4.78, 5) is 14.9. The molecule has 0 spiro atoms. The van der Waals surface area contributed by atoms with Crippen LogP contribution in [0.2, 0.25) is 0 Å². The number of nitrogens with zero attached hydrogens (tertiary/aromatic N) is 1. The number of carbonyl (C=O) groups excluding carboxylic acids is 1. The van der Waals surface area contributed by atoms with E-state index >= 15 is 0 Å². The van der Waals surface area contributed by atoms with E-state index in [1.54, 1.807) is 0 Å². The van der Waals surface area contributed by atoms with Crippen LogP contribution in [-0.2, 0) is 4.74 Å². The molecule has 0 aromatic heterocycles. The number of aryl methyl sites for hydroxylation is 1. The first-order chi connectivity index (χ1) is 13.5. The van der Waals surface area contributed by atoms with Crippen LogP contribution in [0.15, 0.2) is 54.6 Å². The van der Waals surface area contributed by atoms with E-state index in [0.29, 0.717) is 5.92 Å². The number of carbonyl (C=O) groups is 1. The fourth-order valence-electron chi connectivity index (χ4n) is 3.70. The van der Waals surface area contributed by atoms with E-state index in [1.165, 1.54) is 5.56 Å². The Bertz CT molecular complexity index is 752. The van der Waals surface area contributed by atoms with Crippen LogP contribution >= 0.6 is 0 Å². The number of amides is 2. The van der Waals surface area contributed by atoms with Crippen molar-refractivity contribution >= 4 is 6.03 Å². The molecule has 0 bridgehead atoms. The average molecular weight is 381 g/mol. The van der Waals surface area contributed by atoms with Gasteiger partial charge in [0.05, 0.1) is 12.1 Å². The summed E-state index contributed by atoms with van der Waals surface area (Å²) in [5.74, 6) is 0.549. The lowest BCUT2D eigenvalue weighted by molar-refractivity contribution is 0.0343. The third-order valence-electron chi connectivity index (χ3n) is 5.34. The number of ether oxygens (including phenoxy) is 1.